The van der Waals surface area contributed by atoms with E-state index in [9.17, 15) is 13.2 Å². The maximum absolute atomic E-state index is 13.3. The Morgan fingerprint density at radius 1 is 0.970 bits per heavy atom. The van der Waals surface area contributed by atoms with Crippen LogP contribution in [0.1, 0.15) is 12.5 Å². The molecule has 172 valence electrons. The van der Waals surface area contributed by atoms with Gasteiger partial charge in [-0.3, -0.25) is 9.10 Å². The second-order valence-corrected chi connectivity index (χ2v) is 8.83. The molecule has 8 heteroatoms. The Morgan fingerprint density at radius 3 is 2.27 bits per heavy atom. The van der Waals surface area contributed by atoms with Crippen molar-refractivity contribution in [2.24, 2.45) is 0 Å². The van der Waals surface area contributed by atoms with E-state index in [4.69, 9.17) is 9.47 Å². The minimum absolute atomic E-state index is 0.0448. The zero-order chi connectivity index (χ0) is 23.8. The zero-order valence-corrected chi connectivity index (χ0v) is 19.5. The Kier molecular flexibility index (Phi) is 7.74. The molecule has 0 aliphatic rings. The number of nitrogens with zero attached hydrogens (tertiary/aromatic N) is 1. The molecule has 0 aliphatic heterocycles. The molecule has 0 spiro atoms. The summed E-state index contributed by atoms with van der Waals surface area (Å²) in [5, 5.41) is 2.71. The van der Waals surface area contributed by atoms with Crippen molar-refractivity contribution in [3.8, 4) is 11.5 Å². The minimum Gasteiger partial charge on any atom is -0.497 e. The lowest BCUT2D eigenvalue weighted by molar-refractivity contribution is -0.111. The topological polar surface area (TPSA) is 84.9 Å². The number of para-hydroxylation sites is 1. The number of benzene rings is 3. The Bertz CT molecular complexity index is 1220. The van der Waals surface area contributed by atoms with Gasteiger partial charge in [0.25, 0.3) is 10.0 Å². The number of anilines is 2. The quantitative estimate of drug-likeness (QED) is 0.467. The van der Waals surface area contributed by atoms with E-state index in [2.05, 4.69) is 5.32 Å². The fourth-order valence-corrected chi connectivity index (χ4v) is 4.72. The lowest BCUT2D eigenvalue weighted by Crippen LogP contribution is -2.30. The summed E-state index contributed by atoms with van der Waals surface area (Å²) in [6.07, 6.45) is 3.01. The molecule has 0 saturated carbocycles. The van der Waals surface area contributed by atoms with Gasteiger partial charge in [0.2, 0.25) is 5.91 Å². The Hall–Kier alpha value is -3.78. The number of hydrogen-bond donors (Lipinski definition) is 1. The summed E-state index contributed by atoms with van der Waals surface area (Å²) < 4.78 is 38.4. The van der Waals surface area contributed by atoms with Gasteiger partial charge in [-0.25, -0.2) is 8.42 Å². The third kappa shape index (κ3) is 5.72. The number of nitrogens with one attached hydrogen (secondary N) is 1. The highest BCUT2D eigenvalue weighted by molar-refractivity contribution is 7.92. The normalized spacial score (nSPS) is 11.2. The van der Waals surface area contributed by atoms with Gasteiger partial charge in [-0.05, 0) is 61.0 Å². The summed E-state index contributed by atoms with van der Waals surface area (Å²) in [4.78, 5) is 12.6. The summed E-state index contributed by atoms with van der Waals surface area (Å²) in [6.45, 7) is 2.02. The lowest BCUT2D eigenvalue weighted by Gasteiger charge is -2.23. The van der Waals surface area contributed by atoms with Crippen molar-refractivity contribution in [1.29, 1.82) is 0 Å². The molecule has 0 unspecified atom stereocenters. The van der Waals surface area contributed by atoms with Crippen LogP contribution in [0.3, 0.4) is 0 Å². The fourth-order valence-electron chi connectivity index (χ4n) is 3.22. The highest BCUT2D eigenvalue weighted by Gasteiger charge is 2.25. The number of carbonyl (C=O) groups is 1. The van der Waals surface area contributed by atoms with Crippen LogP contribution in [0.4, 0.5) is 11.4 Å². The smallest absolute Gasteiger partial charge is 0.264 e. The van der Waals surface area contributed by atoms with Crippen molar-refractivity contribution in [1.82, 2.24) is 0 Å². The largest absolute Gasteiger partial charge is 0.497 e. The van der Waals surface area contributed by atoms with Gasteiger partial charge < -0.3 is 14.8 Å². The molecule has 0 heterocycles. The molecule has 1 amide bonds. The van der Waals surface area contributed by atoms with Gasteiger partial charge in [0.15, 0.2) is 0 Å². The molecule has 7 nitrogen and oxygen atoms in total. The summed E-state index contributed by atoms with van der Waals surface area (Å²) in [6, 6.07) is 20.5. The average molecular weight is 467 g/mol. The second kappa shape index (κ2) is 10.7. The fraction of sp³-hybridized carbons (Fsp3) is 0.160. The lowest BCUT2D eigenvalue weighted by atomic mass is 10.2. The first kappa shape index (κ1) is 23.9. The highest BCUT2D eigenvalue weighted by atomic mass is 32.2. The van der Waals surface area contributed by atoms with Gasteiger partial charge in [-0.1, -0.05) is 30.3 Å². The molecule has 0 aromatic heterocycles. The van der Waals surface area contributed by atoms with Crippen molar-refractivity contribution in [3.05, 3.63) is 84.4 Å². The van der Waals surface area contributed by atoms with Crippen molar-refractivity contribution >= 4 is 33.4 Å². The number of rotatable bonds is 9. The Labute approximate surface area is 194 Å². The molecule has 3 aromatic carbocycles. The SMILES string of the molecule is CCN(c1ccccc1)S(=O)(=O)c1ccc(OC)c(NC(=O)/C=C/c2ccc(OC)cc2)c1. The van der Waals surface area contributed by atoms with Crippen LogP contribution in [0.15, 0.2) is 83.8 Å². The monoisotopic (exact) mass is 466 g/mol. The number of carbonyl (C=O) groups excluding carboxylic acids is 1. The number of amides is 1. The summed E-state index contributed by atoms with van der Waals surface area (Å²) in [5.41, 5.74) is 1.63. The van der Waals surface area contributed by atoms with Crippen LogP contribution in [0.2, 0.25) is 0 Å². The Morgan fingerprint density at radius 2 is 1.67 bits per heavy atom. The molecule has 3 rings (SSSR count). The molecule has 3 aromatic rings. The summed E-state index contributed by atoms with van der Waals surface area (Å²) >= 11 is 0. The van der Waals surface area contributed by atoms with Crippen LogP contribution in [-0.4, -0.2) is 35.1 Å². The van der Waals surface area contributed by atoms with Crippen LogP contribution in [0, 0.1) is 0 Å². The van der Waals surface area contributed by atoms with E-state index in [0.29, 0.717) is 11.4 Å². The van der Waals surface area contributed by atoms with Gasteiger partial charge >= 0.3 is 0 Å². The van der Waals surface area contributed by atoms with Gasteiger partial charge in [0.05, 0.1) is 30.5 Å². The molecule has 0 fully saturated rings. The van der Waals surface area contributed by atoms with Crippen LogP contribution < -0.4 is 19.1 Å². The van der Waals surface area contributed by atoms with E-state index in [1.807, 2.05) is 18.2 Å². The van der Waals surface area contributed by atoms with Crippen LogP contribution in [-0.2, 0) is 14.8 Å². The minimum atomic E-state index is -3.85. The number of hydrogen-bond acceptors (Lipinski definition) is 5. The number of sulfonamides is 1. The molecule has 0 aliphatic carbocycles. The molecule has 0 radical (unpaired) electrons. The van der Waals surface area contributed by atoms with Crippen molar-refractivity contribution in [3.63, 3.8) is 0 Å². The van der Waals surface area contributed by atoms with Crippen molar-refractivity contribution < 1.29 is 22.7 Å². The van der Waals surface area contributed by atoms with Crippen molar-refractivity contribution in [2.45, 2.75) is 11.8 Å². The third-order valence-corrected chi connectivity index (χ3v) is 6.79. The van der Waals surface area contributed by atoms with E-state index in [-0.39, 0.29) is 17.1 Å². The molecule has 0 saturated heterocycles. The van der Waals surface area contributed by atoms with Gasteiger partial charge in [0, 0.05) is 12.6 Å². The standard InChI is InChI=1S/C25H26N2O5S/c1-4-27(20-8-6-5-7-9-20)33(29,30)22-15-16-24(32-3)23(18-22)26-25(28)17-12-19-10-13-21(31-2)14-11-19/h5-18H,4H2,1-3H3,(H,26,28)/b17-12+. The van der Waals surface area contributed by atoms with Crippen molar-refractivity contribution in [2.75, 3.05) is 30.4 Å². The maximum Gasteiger partial charge on any atom is 0.264 e. The summed E-state index contributed by atoms with van der Waals surface area (Å²) in [7, 11) is -0.817. The van der Waals surface area contributed by atoms with E-state index in [0.717, 1.165) is 11.3 Å². The van der Waals surface area contributed by atoms with E-state index < -0.39 is 15.9 Å². The van der Waals surface area contributed by atoms with Crippen LogP contribution in [0.5, 0.6) is 11.5 Å². The van der Waals surface area contributed by atoms with Gasteiger partial charge in [-0.2, -0.15) is 0 Å². The van der Waals surface area contributed by atoms with E-state index >= 15 is 0 Å². The predicted octanol–water partition coefficient (Wildman–Crippen LogP) is 4.57. The molecule has 0 bridgehead atoms. The van der Waals surface area contributed by atoms with Crippen LogP contribution in [0.25, 0.3) is 6.08 Å². The molecule has 1 N–H and O–H groups in total. The second-order valence-electron chi connectivity index (χ2n) is 6.96. The third-order valence-electron chi connectivity index (χ3n) is 4.89. The first-order valence-electron chi connectivity index (χ1n) is 10.3. The Balaban J connectivity index is 1.85. The highest BCUT2D eigenvalue weighted by Crippen LogP contribution is 2.30. The molecular weight excluding hydrogens is 440 g/mol. The van der Waals surface area contributed by atoms with E-state index in [1.54, 1.807) is 56.5 Å². The number of ether oxygens (including phenoxy) is 2. The summed E-state index contributed by atoms with van der Waals surface area (Å²) in [5.74, 6) is 0.646. The first-order chi connectivity index (χ1) is 15.9. The molecule has 33 heavy (non-hydrogen) atoms. The van der Waals surface area contributed by atoms with E-state index in [1.165, 1.54) is 35.7 Å². The molecular formula is C25H26N2O5S. The zero-order valence-electron chi connectivity index (χ0n) is 18.7. The average Bonchev–Trinajstić information content (AvgIpc) is 2.84. The maximum atomic E-state index is 13.3. The first-order valence-corrected chi connectivity index (χ1v) is 11.7. The van der Waals surface area contributed by atoms with Gasteiger partial charge in [-0.15, -0.1) is 0 Å². The van der Waals surface area contributed by atoms with Crippen LogP contribution >= 0.6 is 0 Å². The van der Waals surface area contributed by atoms with Gasteiger partial charge in [0.1, 0.15) is 11.5 Å². The number of methoxy groups -OCH3 is 2. The predicted molar refractivity (Wildman–Crippen MR) is 130 cm³/mol. The molecule has 0 atom stereocenters.